The van der Waals surface area contributed by atoms with E-state index < -0.39 is 96.1 Å². The van der Waals surface area contributed by atoms with Gasteiger partial charge in [-0.05, 0) is 47.9 Å². The lowest BCUT2D eigenvalue weighted by Crippen LogP contribution is -2.57. The molecule has 6 N–H and O–H groups in total. The van der Waals surface area contributed by atoms with Crippen LogP contribution in [0.1, 0.15) is 73.8 Å². The van der Waals surface area contributed by atoms with Crippen molar-refractivity contribution >= 4 is 41.1 Å². The molecule has 0 bridgehead atoms. The number of rotatable bonds is 24. The lowest BCUT2D eigenvalue weighted by molar-refractivity contribution is -0.143. The van der Waals surface area contributed by atoms with Crippen LogP contribution < -0.4 is 36.6 Å². The van der Waals surface area contributed by atoms with E-state index in [1.54, 1.807) is 46.8 Å². The van der Waals surface area contributed by atoms with Crippen molar-refractivity contribution in [2.75, 3.05) is 32.7 Å². The summed E-state index contributed by atoms with van der Waals surface area (Å²) < 4.78 is 42.9. The van der Waals surface area contributed by atoms with Gasteiger partial charge < -0.3 is 46.1 Å². The van der Waals surface area contributed by atoms with Crippen LogP contribution in [0, 0.1) is 23.5 Å². The van der Waals surface area contributed by atoms with E-state index in [1.165, 1.54) is 7.11 Å². The average Bonchev–Trinajstić information content (AvgIpc) is 3.18. The Morgan fingerprint density at radius 2 is 1.28 bits per heavy atom. The number of carbonyl (C=O) groups is 6. The minimum Gasteiger partial charge on any atom is -0.480 e. The first-order valence-corrected chi connectivity index (χ1v) is 19.9. The van der Waals surface area contributed by atoms with Gasteiger partial charge in [-0.3, -0.25) is 28.8 Å². The highest BCUT2D eigenvalue weighted by molar-refractivity contribution is 6.04. The minimum atomic E-state index is -1.29. The Balaban J connectivity index is 2.14. The quantitative estimate of drug-likeness (QED) is 0.0651. The molecule has 0 aliphatic heterocycles. The largest absolute Gasteiger partial charge is 0.480 e. The number of amides is 3. The van der Waals surface area contributed by atoms with Gasteiger partial charge in [-0.1, -0.05) is 85.9 Å². The molecule has 2 aromatic carbocycles. The summed E-state index contributed by atoms with van der Waals surface area (Å²) in [5.41, 5.74) is 1.34. The number of benzene rings is 2. The number of para-hydroxylation sites is 2. The van der Waals surface area contributed by atoms with Crippen molar-refractivity contribution in [1.29, 1.82) is 0 Å². The molecule has 17 heteroatoms. The highest BCUT2D eigenvalue weighted by Crippen LogP contribution is 2.29. The van der Waals surface area contributed by atoms with E-state index in [4.69, 9.17) is 14.2 Å². The third-order valence-corrected chi connectivity index (χ3v) is 9.56. The molecule has 0 radical (unpaired) electrons. The van der Waals surface area contributed by atoms with Gasteiger partial charge in [0, 0.05) is 17.9 Å². The monoisotopic (exact) mass is 856 g/mol. The maximum Gasteiger partial charge on any atom is 0.308 e. The Morgan fingerprint density at radius 1 is 0.721 bits per heavy atom. The first-order valence-electron chi connectivity index (χ1n) is 19.9. The molecule has 15 nitrogen and oxygen atoms in total. The van der Waals surface area contributed by atoms with Crippen molar-refractivity contribution in [3.8, 4) is 5.75 Å². The van der Waals surface area contributed by atoms with E-state index in [2.05, 4.69) is 45.1 Å². The second kappa shape index (κ2) is 23.8. The van der Waals surface area contributed by atoms with Crippen molar-refractivity contribution in [1.82, 2.24) is 26.6 Å². The Kier molecular flexibility index (Phi) is 20.0. The zero-order valence-corrected chi connectivity index (χ0v) is 36.8. The molecule has 3 amide bonds. The number of ketones is 1. The van der Waals surface area contributed by atoms with Crippen LogP contribution >= 0.6 is 0 Å². The van der Waals surface area contributed by atoms with E-state index in [9.17, 15) is 37.5 Å². The zero-order chi connectivity index (χ0) is 46.2. The van der Waals surface area contributed by atoms with Crippen LogP contribution in [0.3, 0.4) is 0 Å². The summed E-state index contributed by atoms with van der Waals surface area (Å²) in [6.07, 6.45) is -0.737. The number of Topliss-reactive ketones (excluding diaryl/α,β-unsaturated/α-hetero) is 1. The van der Waals surface area contributed by atoms with E-state index in [0.29, 0.717) is 5.69 Å². The Morgan fingerprint density at radius 3 is 1.84 bits per heavy atom. The van der Waals surface area contributed by atoms with E-state index in [-0.39, 0.29) is 41.6 Å². The van der Waals surface area contributed by atoms with Gasteiger partial charge in [0.05, 0.1) is 56.9 Å². The third-order valence-electron chi connectivity index (χ3n) is 9.56. The van der Waals surface area contributed by atoms with Crippen molar-refractivity contribution in [2.24, 2.45) is 11.8 Å². The fraction of sp³-hybridized carbons (Fsp3) is 0.500. The SMILES string of the molecule is C=C(NC(C(=O)N[C@H](CNC(C(=O)N[C@@H](C)C(=C)NC(CC(=O)OC)C(=O)COc1c(F)cccc1F)C(C)C)CC(=O)OC)C(C)C)C(=O)Nc1ccccc1C(C)(C)C. The fourth-order valence-electron chi connectivity index (χ4n) is 5.98. The van der Waals surface area contributed by atoms with Crippen molar-refractivity contribution < 1.29 is 51.8 Å². The Labute approximate surface area is 357 Å². The summed E-state index contributed by atoms with van der Waals surface area (Å²) in [6, 6.07) is 5.65. The molecule has 336 valence electrons. The summed E-state index contributed by atoms with van der Waals surface area (Å²) in [4.78, 5) is 78.4. The van der Waals surface area contributed by atoms with Gasteiger partial charge in [0.15, 0.2) is 23.2 Å². The van der Waals surface area contributed by atoms with Gasteiger partial charge in [-0.25, -0.2) is 8.78 Å². The lowest BCUT2D eigenvalue weighted by atomic mass is 9.86. The van der Waals surface area contributed by atoms with E-state index in [1.807, 2.05) is 32.9 Å². The van der Waals surface area contributed by atoms with Crippen LogP contribution in [-0.4, -0.2) is 93.0 Å². The molecule has 0 spiro atoms. The number of anilines is 1. The van der Waals surface area contributed by atoms with E-state index in [0.717, 1.165) is 30.9 Å². The molecule has 0 saturated heterocycles. The molecule has 0 aliphatic rings. The lowest BCUT2D eigenvalue weighted by Gasteiger charge is -2.30. The van der Waals surface area contributed by atoms with Gasteiger partial charge in [0.2, 0.25) is 11.8 Å². The van der Waals surface area contributed by atoms with Gasteiger partial charge in [-0.2, -0.15) is 0 Å². The fourth-order valence-corrected chi connectivity index (χ4v) is 5.98. The molecule has 0 aliphatic carbocycles. The molecule has 2 aromatic rings. The molecular weight excluding hydrogens is 795 g/mol. The first-order chi connectivity index (χ1) is 28.5. The van der Waals surface area contributed by atoms with Crippen LogP contribution in [0.5, 0.6) is 5.75 Å². The summed E-state index contributed by atoms with van der Waals surface area (Å²) in [5, 5.41) is 17.4. The number of halogens is 2. The van der Waals surface area contributed by atoms with Crippen LogP contribution in [0.25, 0.3) is 0 Å². The van der Waals surface area contributed by atoms with Gasteiger partial charge in [-0.15, -0.1) is 0 Å². The number of nitrogens with one attached hydrogen (secondary N) is 6. The van der Waals surface area contributed by atoms with Crippen LogP contribution in [0.2, 0.25) is 0 Å². The minimum absolute atomic E-state index is 0.0470. The standard InChI is InChI=1S/C44H62F2N6O9/c1-24(2)38(42(57)50-27(6)26(5)48-34(21-37(55)60-12)35(53)23-61-40-31(45)17-15-18-32(40)46)47-22-29(20-36(54)59-11)51-43(58)39(25(3)4)49-28(7)41(56)52-33-19-14-13-16-30(33)44(8,9)10/h13-19,24-25,27,29,34,38-39,47-49H,5,7,20-23H2,1-4,6,8-12H3,(H,50,57)(H,51,58)(H,52,56)/t27-,29-,34?,38?,39?/m0/s1. The molecule has 0 heterocycles. The van der Waals surface area contributed by atoms with Crippen molar-refractivity contribution in [2.45, 2.75) is 104 Å². The molecule has 0 saturated carbocycles. The molecule has 2 rings (SSSR count). The number of hydrogen-bond donors (Lipinski definition) is 6. The van der Waals surface area contributed by atoms with Gasteiger partial charge >= 0.3 is 11.9 Å². The number of hydrogen-bond acceptors (Lipinski definition) is 12. The Hall–Kier alpha value is -5.84. The normalized spacial score (nSPS) is 13.7. The topological polar surface area (TPSA) is 202 Å². The number of methoxy groups -OCH3 is 2. The molecule has 0 fully saturated rings. The molecular formula is C44H62F2N6O9. The Bertz CT molecular complexity index is 1880. The first kappa shape index (κ1) is 51.3. The summed E-state index contributed by atoms with van der Waals surface area (Å²) >= 11 is 0. The highest BCUT2D eigenvalue weighted by atomic mass is 19.1. The van der Waals surface area contributed by atoms with Crippen LogP contribution in [0.4, 0.5) is 14.5 Å². The smallest absolute Gasteiger partial charge is 0.308 e. The maximum atomic E-state index is 14.1. The van der Waals surface area contributed by atoms with Crippen LogP contribution in [0.15, 0.2) is 67.0 Å². The highest BCUT2D eigenvalue weighted by Gasteiger charge is 2.31. The second-order valence-electron chi connectivity index (χ2n) is 16.2. The number of carbonyl (C=O) groups excluding carboxylic acids is 6. The number of esters is 2. The van der Waals surface area contributed by atoms with E-state index >= 15 is 0 Å². The van der Waals surface area contributed by atoms with Crippen LogP contribution in [-0.2, 0) is 43.7 Å². The predicted octanol–water partition coefficient (Wildman–Crippen LogP) is 4.18. The van der Waals surface area contributed by atoms with Crippen molar-refractivity contribution in [3.05, 3.63) is 84.2 Å². The van der Waals surface area contributed by atoms with Crippen molar-refractivity contribution in [3.63, 3.8) is 0 Å². The molecule has 61 heavy (non-hydrogen) atoms. The summed E-state index contributed by atoms with van der Waals surface area (Å²) in [7, 11) is 2.33. The summed E-state index contributed by atoms with van der Waals surface area (Å²) in [5.74, 6) is -7.14. The molecule has 5 atom stereocenters. The van der Waals surface area contributed by atoms with Gasteiger partial charge in [0.25, 0.3) is 5.91 Å². The number of ether oxygens (including phenoxy) is 3. The second-order valence-corrected chi connectivity index (χ2v) is 16.2. The molecule has 0 aromatic heterocycles. The zero-order valence-electron chi connectivity index (χ0n) is 36.8. The maximum absolute atomic E-state index is 14.1. The average molecular weight is 857 g/mol. The third kappa shape index (κ3) is 16.3. The molecule has 3 unspecified atom stereocenters. The van der Waals surface area contributed by atoms with Gasteiger partial charge in [0.1, 0.15) is 12.6 Å². The summed E-state index contributed by atoms with van der Waals surface area (Å²) in [6.45, 7) is 21.7. The predicted molar refractivity (Wildman–Crippen MR) is 227 cm³/mol.